The highest BCUT2D eigenvalue weighted by atomic mass is 19.2. The molecular weight excluding hydrogens is 218 g/mol. The number of nitrogens with one attached hydrogen (secondary N) is 1. The van der Waals surface area contributed by atoms with Crippen molar-refractivity contribution in [3.63, 3.8) is 0 Å². The Labute approximate surface area is 88.3 Å². The molecule has 2 aromatic rings. The highest BCUT2D eigenvalue weighted by Crippen LogP contribution is 2.23. The number of rotatable bonds is 2. The lowest BCUT2D eigenvalue weighted by molar-refractivity contribution is -0.400. The van der Waals surface area contributed by atoms with Crippen LogP contribution in [-0.4, -0.2) is 9.91 Å². The number of hydrogen-bond acceptors (Lipinski definition) is 2. The first-order valence-electron chi connectivity index (χ1n) is 4.36. The van der Waals surface area contributed by atoms with Crippen LogP contribution in [0.3, 0.4) is 0 Å². The Morgan fingerprint density at radius 3 is 2.81 bits per heavy atom. The van der Waals surface area contributed by atoms with Gasteiger partial charge < -0.3 is 4.98 Å². The number of fused-ring (bicyclic) bond motifs is 1. The monoisotopic (exact) mass is 224 g/mol. The Kier molecular flexibility index (Phi) is 2.40. The number of halogens is 2. The maximum absolute atomic E-state index is 13.2. The quantitative estimate of drug-likeness (QED) is 0.629. The van der Waals surface area contributed by atoms with E-state index in [0.29, 0.717) is 10.9 Å². The molecule has 0 saturated carbocycles. The van der Waals surface area contributed by atoms with Crippen LogP contribution in [0, 0.1) is 21.7 Å². The summed E-state index contributed by atoms with van der Waals surface area (Å²) in [6.45, 7) is 0. The second kappa shape index (κ2) is 3.73. The lowest BCUT2D eigenvalue weighted by Gasteiger charge is -1.94. The van der Waals surface area contributed by atoms with E-state index in [1.54, 1.807) is 0 Å². The van der Waals surface area contributed by atoms with Crippen molar-refractivity contribution in [3.8, 4) is 0 Å². The van der Waals surface area contributed by atoms with Crippen molar-refractivity contribution in [1.82, 2.24) is 4.98 Å². The van der Waals surface area contributed by atoms with Crippen molar-refractivity contribution >= 4 is 17.0 Å². The molecule has 0 radical (unpaired) electrons. The fraction of sp³-hybridized carbons (Fsp3) is 0. The molecule has 1 aromatic heterocycles. The zero-order valence-electron chi connectivity index (χ0n) is 7.91. The number of nitro groups is 1. The van der Waals surface area contributed by atoms with Crippen molar-refractivity contribution in [3.05, 3.63) is 51.8 Å². The Hall–Kier alpha value is -2.24. The minimum Gasteiger partial charge on any atom is -0.358 e. The van der Waals surface area contributed by atoms with Gasteiger partial charge in [0.25, 0.3) is 0 Å². The van der Waals surface area contributed by atoms with Crippen LogP contribution in [0.15, 0.2) is 24.5 Å². The van der Waals surface area contributed by atoms with Gasteiger partial charge in [0.05, 0.1) is 10.4 Å². The molecule has 1 heterocycles. The average Bonchev–Trinajstić information content (AvgIpc) is 2.64. The summed E-state index contributed by atoms with van der Waals surface area (Å²) in [7, 11) is 0. The maximum Gasteiger partial charge on any atom is 0.235 e. The molecule has 82 valence electrons. The number of benzene rings is 1. The number of aromatic amines is 1. The SMILES string of the molecule is O=[N+]([O-])C=Cc1c[nH]c2c(F)c(F)ccc12. The van der Waals surface area contributed by atoms with E-state index in [1.165, 1.54) is 18.3 Å². The van der Waals surface area contributed by atoms with E-state index in [-0.39, 0.29) is 5.52 Å². The molecule has 6 heteroatoms. The first kappa shape index (κ1) is 10.3. The van der Waals surface area contributed by atoms with E-state index in [9.17, 15) is 18.9 Å². The largest absolute Gasteiger partial charge is 0.358 e. The van der Waals surface area contributed by atoms with Crippen LogP contribution in [0.4, 0.5) is 8.78 Å². The first-order chi connectivity index (χ1) is 7.59. The third kappa shape index (κ3) is 1.65. The van der Waals surface area contributed by atoms with E-state index < -0.39 is 16.6 Å². The van der Waals surface area contributed by atoms with E-state index in [0.717, 1.165) is 12.3 Å². The molecule has 0 unspecified atom stereocenters. The topological polar surface area (TPSA) is 58.9 Å². The van der Waals surface area contributed by atoms with Crippen LogP contribution in [0.25, 0.3) is 17.0 Å². The van der Waals surface area contributed by atoms with Gasteiger partial charge in [0, 0.05) is 23.2 Å². The molecule has 0 aliphatic carbocycles. The fourth-order valence-electron chi connectivity index (χ4n) is 1.44. The predicted molar refractivity (Wildman–Crippen MR) is 54.2 cm³/mol. The molecule has 0 atom stereocenters. The highest BCUT2D eigenvalue weighted by Gasteiger charge is 2.10. The summed E-state index contributed by atoms with van der Waals surface area (Å²) >= 11 is 0. The standard InChI is InChI=1S/C10H6F2N2O2/c11-8-2-1-7-6(3-4-14(15)16)5-13-10(7)9(8)12/h1-5,13H. The molecular formula is C10H6F2N2O2. The molecule has 16 heavy (non-hydrogen) atoms. The molecule has 0 saturated heterocycles. The van der Waals surface area contributed by atoms with E-state index >= 15 is 0 Å². The number of hydrogen-bond donors (Lipinski definition) is 1. The van der Waals surface area contributed by atoms with Gasteiger partial charge in [-0.3, -0.25) is 10.1 Å². The summed E-state index contributed by atoms with van der Waals surface area (Å²) in [5.74, 6) is -1.95. The van der Waals surface area contributed by atoms with Crippen LogP contribution < -0.4 is 0 Å². The predicted octanol–water partition coefficient (Wildman–Crippen LogP) is 2.69. The molecule has 0 spiro atoms. The molecule has 0 amide bonds. The van der Waals surface area contributed by atoms with E-state index in [4.69, 9.17) is 0 Å². The Balaban J connectivity index is 2.58. The Morgan fingerprint density at radius 1 is 1.38 bits per heavy atom. The molecule has 1 aromatic carbocycles. The van der Waals surface area contributed by atoms with E-state index in [2.05, 4.69) is 4.98 Å². The molecule has 1 N–H and O–H groups in total. The van der Waals surface area contributed by atoms with E-state index in [1.807, 2.05) is 0 Å². The van der Waals surface area contributed by atoms with Gasteiger partial charge in [-0.05, 0) is 12.1 Å². The summed E-state index contributed by atoms with van der Waals surface area (Å²) in [4.78, 5) is 12.0. The van der Waals surface area contributed by atoms with Crippen LogP contribution in [0.1, 0.15) is 5.56 Å². The lowest BCUT2D eigenvalue weighted by Crippen LogP contribution is -1.85. The van der Waals surface area contributed by atoms with Crippen molar-refractivity contribution in [2.45, 2.75) is 0 Å². The first-order valence-corrected chi connectivity index (χ1v) is 4.36. The van der Waals surface area contributed by atoms with Gasteiger partial charge in [0.1, 0.15) is 0 Å². The average molecular weight is 224 g/mol. The third-order valence-corrected chi connectivity index (χ3v) is 2.15. The smallest absolute Gasteiger partial charge is 0.235 e. The molecule has 0 bridgehead atoms. The number of nitrogens with zero attached hydrogens (tertiary/aromatic N) is 1. The summed E-state index contributed by atoms with van der Waals surface area (Å²) in [6, 6.07) is 2.35. The summed E-state index contributed by atoms with van der Waals surface area (Å²) in [5.41, 5.74) is 0.439. The third-order valence-electron chi connectivity index (χ3n) is 2.15. The summed E-state index contributed by atoms with van der Waals surface area (Å²) < 4.78 is 26.1. The minimum atomic E-state index is -0.988. The molecule has 0 fully saturated rings. The molecule has 0 aliphatic rings. The van der Waals surface area contributed by atoms with Gasteiger partial charge in [0.2, 0.25) is 6.20 Å². The molecule has 2 rings (SSSR count). The maximum atomic E-state index is 13.2. The van der Waals surface area contributed by atoms with Gasteiger partial charge in [-0.1, -0.05) is 0 Å². The second-order valence-electron chi connectivity index (χ2n) is 3.13. The van der Waals surface area contributed by atoms with Crippen LogP contribution in [-0.2, 0) is 0 Å². The van der Waals surface area contributed by atoms with Gasteiger partial charge in [-0.2, -0.15) is 0 Å². The van der Waals surface area contributed by atoms with Crippen molar-refractivity contribution in [1.29, 1.82) is 0 Å². The fourth-order valence-corrected chi connectivity index (χ4v) is 1.44. The van der Waals surface area contributed by atoms with Crippen LogP contribution >= 0.6 is 0 Å². The number of aromatic nitrogens is 1. The van der Waals surface area contributed by atoms with Gasteiger partial charge >= 0.3 is 0 Å². The normalized spacial score (nSPS) is 11.4. The molecule has 4 nitrogen and oxygen atoms in total. The highest BCUT2D eigenvalue weighted by molar-refractivity contribution is 5.89. The minimum absolute atomic E-state index is 0.00278. The van der Waals surface area contributed by atoms with Crippen molar-refractivity contribution < 1.29 is 13.7 Å². The Morgan fingerprint density at radius 2 is 2.12 bits per heavy atom. The molecule has 0 aliphatic heterocycles. The van der Waals surface area contributed by atoms with Gasteiger partial charge in [-0.15, -0.1) is 0 Å². The van der Waals surface area contributed by atoms with Gasteiger partial charge in [-0.25, -0.2) is 8.78 Å². The van der Waals surface area contributed by atoms with Crippen molar-refractivity contribution in [2.24, 2.45) is 0 Å². The zero-order valence-corrected chi connectivity index (χ0v) is 7.91. The zero-order chi connectivity index (χ0) is 11.7. The Bertz CT molecular complexity index is 590. The lowest BCUT2D eigenvalue weighted by atomic mass is 10.1. The summed E-state index contributed by atoms with van der Waals surface area (Å²) in [6.07, 6.45) is 3.34. The number of H-pyrrole nitrogens is 1. The van der Waals surface area contributed by atoms with Crippen LogP contribution in [0.5, 0.6) is 0 Å². The second-order valence-corrected chi connectivity index (χ2v) is 3.13. The van der Waals surface area contributed by atoms with Crippen molar-refractivity contribution in [2.75, 3.05) is 0 Å². The van der Waals surface area contributed by atoms with Gasteiger partial charge in [0.15, 0.2) is 11.6 Å². The van der Waals surface area contributed by atoms with Crippen LogP contribution in [0.2, 0.25) is 0 Å². The summed E-state index contributed by atoms with van der Waals surface area (Å²) in [5, 5.41) is 10.5.